The van der Waals surface area contributed by atoms with E-state index in [4.69, 9.17) is 12.2 Å². The smallest absolute Gasteiger partial charge is 0.199 e. The van der Waals surface area contributed by atoms with Gasteiger partial charge in [-0.3, -0.25) is 9.67 Å². The van der Waals surface area contributed by atoms with Crippen molar-refractivity contribution in [1.29, 1.82) is 0 Å². The van der Waals surface area contributed by atoms with Crippen LogP contribution in [-0.4, -0.2) is 14.8 Å². The number of rotatable bonds is 4. The monoisotopic (exact) mass is 296 g/mol. The van der Waals surface area contributed by atoms with Crippen molar-refractivity contribution in [2.45, 2.75) is 13.5 Å². The van der Waals surface area contributed by atoms with Gasteiger partial charge in [-0.15, -0.1) is 0 Å². The highest BCUT2D eigenvalue weighted by molar-refractivity contribution is 7.71. The molecule has 0 aliphatic heterocycles. The second kappa shape index (κ2) is 5.93. The van der Waals surface area contributed by atoms with E-state index in [1.807, 2.05) is 53.1 Å². The third-order valence-electron chi connectivity index (χ3n) is 3.32. The molecular weight excluding hydrogens is 280 g/mol. The minimum atomic E-state index is 0.603. The lowest BCUT2D eigenvalue weighted by Crippen LogP contribution is -2.08. The van der Waals surface area contributed by atoms with Crippen LogP contribution in [0, 0.1) is 11.7 Å². The number of aryl methyl sites for hydroxylation is 1. The Morgan fingerprint density at radius 3 is 2.57 bits per heavy atom. The van der Waals surface area contributed by atoms with E-state index in [0.717, 1.165) is 22.8 Å². The lowest BCUT2D eigenvalue weighted by Gasteiger charge is -2.11. The molecule has 0 radical (unpaired) electrons. The molecule has 3 rings (SSSR count). The molecule has 106 valence electrons. The molecule has 0 fully saturated rings. The first-order valence-corrected chi connectivity index (χ1v) is 7.18. The number of nitrogens with one attached hydrogen (secondary N) is 2. The Kier molecular flexibility index (Phi) is 3.83. The van der Waals surface area contributed by atoms with Crippen LogP contribution in [0.15, 0.2) is 54.6 Å². The van der Waals surface area contributed by atoms with Crippen LogP contribution in [0.25, 0.3) is 5.69 Å². The maximum Gasteiger partial charge on any atom is 0.199 e. The van der Waals surface area contributed by atoms with E-state index in [1.54, 1.807) is 0 Å². The Morgan fingerprint density at radius 2 is 1.81 bits per heavy atom. The van der Waals surface area contributed by atoms with Gasteiger partial charge in [0.05, 0.1) is 12.2 Å². The fraction of sp³-hybridized carbons (Fsp3) is 0.125. The molecule has 0 amide bonds. The summed E-state index contributed by atoms with van der Waals surface area (Å²) < 4.78 is 2.58. The van der Waals surface area contributed by atoms with Crippen molar-refractivity contribution in [1.82, 2.24) is 14.8 Å². The highest BCUT2D eigenvalue weighted by Gasteiger charge is 2.09. The van der Waals surface area contributed by atoms with Gasteiger partial charge in [0.1, 0.15) is 0 Å². The minimum absolute atomic E-state index is 0.603. The molecule has 3 aromatic rings. The molecule has 5 heteroatoms. The summed E-state index contributed by atoms with van der Waals surface area (Å²) in [6, 6.07) is 18.2. The number of H-pyrrole nitrogens is 1. The van der Waals surface area contributed by atoms with Crippen molar-refractivity contribution < 1.29 is 0 Å². The summed E-state index contributed by atoms with van der Waals surface area (Å²) in [7, 11) is 0. The van der Waals surface area contributed by atoms with Gasteiger partial charge in [0.15, 0.2) is 10.6 Å². The van der Waals surface area contributed by atoms with E-state index in [-0.39, 0.29) is 0 Å². The van der Waals surface area contributed by atoms with Crippen LogP contribution in [0.4, 0.5) is 5.69 Å². The Bertz CT molecular complexity index is 789. The van der Waals surface area contributed by atoms with Crippen LogP contribution in [-0.2, 0) is 6.54 Å². The van der Waals surface area contributed by atoms with Crippen LogP contribution in [0.1, 0.15) is 11.4 Å². The standard InChI is InChI=1S/C16H16N4S/c1-12-7-5-6-10-14(12)20-15(18-19-16(20)21)11-17-13-8-3-2-4-9-13/h2-10,17H,11H2,1H3,(H,19,21). The van der Waals surface area contributed by atoms with Crippen molar-refractivity contribution in [3.8, 4) is 5.69 Å². The molecular formula is C16H16N4S. The normalized spacial score (nSPS) is 10.5. The van der Waals surface area contributed by atoms with Crippen LogP contribution >= 0.6 is 12.2 Å². The summed E-state index contributed by atoms with van der Waals surface area (Å²) in [5.74, 6) is 0.859. The highest BCUT2D eigenvalue weighted by atomic mass is 32.1. The van der Waals surface area contributed by atoms with Gasteiger partial charge in [0.2, 0.25) is 0 Å². The van der Waals surface area contributed by atoms with Gasteiger partial charge in [-0.1, -0.05) is 36.4 Å². The van der Waals surface area contributed by atoms with E-state index in [9.17, 15) is 0 Å². The maximum atomic E-state index is 5.36. The van der Waals surface area contributed by atoms with Gasteiger partial charge < -0.3 is 5.32 Å². The van der Waals surface area contributed by atoms with Crippen LogP contribution in [0.5, 0.6) is 0 Å². The molecule has 0 aliphatic carbocycles. The number of hydrogen-bond donors (Lipinski definition) is 2. The first-order chi connectivity index (χ1) is 10.3. The van der Waals surface area contributed by atoms with Crippen LogP contribution in [0.3, 0.4) is 0 Å². The summed E-state index contributed by atoms with van der Waals surface area (Å²) in [5, 5.41) is 10.6. The summed E-state index contributed by atoms with van der Waals surface area (Å²) in [4.78, 5) is 0. The topological polar surface area (TPSA) is 45.6 Å². The Hall–Kier alpha value is -2.40. The first kappa shape index (κ1) is 13.6. The minimum Gasteiger partial charge on any atom is -0.378 e. The second-order valence-corrected chi connectivity index (χ2v) is 5.17. The first-order valence-electron chi connectivity index (χ1n) is 6.77. The fourth-order valence-electron chi connectivity index (χ4n) is 2.25. The van der Waals surface area contributed by atoms with Crippen molar-refractivity contribution in [2.75, 3.05) is 5.32 Å². The third-order valence-corrected chi connectivity index (χ3v) is 3.60. The number of benzene rings is 2. The van der Waals surface area contributed by atoms with E-state index >= 15 is 0 Å². The molecule has 2 N–H and O–H groups in total. The Balaban J connectivity index is 1.91. The molecule has 21 heavy (non-hydrogen) atoms. The number of aromatic nitrogens is 3. The van der Waals surface area contributed by atoms with Gasteiger partial charge in [-0.25, -0.2) is 0 Å². The number of nitrogens with zero attached hydrogens (tertiary/aromatic N) is 2. The van der Waals surface area contributed by atoms with E-state index in [2.05, 4.69) is 28.5 Å². The molecule has 0 bridgehead atoms. The van der Waals surface area contributed by atoms with E-state index in [0.29, 0.717) is 11.3 Å². The van der Waals surface area contributed by atoms with Crippen molar-refractivity contribution in [3.63, 3.8) is 0 Å². The molecule has 4 nitrogen and oxygen atoms in total. The SMILES string of the molecule is Cc1ccccc1-n1c(CNc2ccccc2)n[nH]c1=S. The quantitative estimate of drug-likeness (QED) is 0.719. The predicted molar refractivity (Wildman–Crippen MR) is 87.3 cm³/mol. The molecule has 0 unspecified atom stereocenters. The maximum absolute atomic E-state index is 5.36. The highest BCUT2D eigenvalue weighted by Crippen LogP contribution is 2.16. The zero-order chi connectivity index (χ0) is 14.7. The lowest BCUT2D eigenvalue weighted by molar-refractivity contribution is 0.883. The van der Waals surface area contributed by atoms with Crippen molar-refractivity contribution >= 4 is 17.9 Å². The van der Waals surface area contributed by atoms with Gasteiger partial charge in [-0.05, 0) is 42.9 Å². The number of aromatic amines is 1. The van der Waals surface area contributed by atoms with Crippen molar-refractivity contribution in [3.05, 3.63) is 70.8 Å². The molecule has 0 saturated heterocycles. The molecule has 2 aromatic carbocycles. The summed E-state index contributed by atoms with van der Waals surface area (Å²) in [6.07, 6.45) is 0. The van der Waals surface area contributed by atoms with Gasteiger partial charge in [-0.2, -0.15) is 5.10 Å². The van der Waals surface area contributed by atoms with Crippen LogP contribution < -0.4 is 5.32 Å². The number of anilines is 1. The largest absolute Gasteiger partial charge is 0.378 e. The van der Waals surface area contributed by atoms with Gasteiger partial charge >= 0.3 is 0 Å². The Labute approximate surface area is 128 Å². The zero-order valence-electron chi connectivity index (χ0n) is 11.7. The van der Waals surface area contributed by atoms with Crippen LogP contribution in [0.2, 0.25) is 0 Å². The molecule has 0 spiro atoms. The summed E-state index contributed by atoms with van der Waals surface area (Å²) >= 11 is 5.36. The average molecular weight is 296 g/mol. The van der Waals surface area contributed by atoms with E-state index in [1.165, 1.54) is 0 Å². The van der Waals surface area contributed by atoms with Gasteiger partial charge in [0, 0.05) is 5.69 Å². The van der Waals surface area contributed by atoms with Gasteiger partial charge in [0.25, 0.3) is 0 Å². The van der Waals surface area contributed by atoms with Crippen molar-refractivity contribution in [2.24, 2.45) is 0 Å². The number of para-hydroxylation sites is 2. The summed E-state index contributed by atoms with van der Waals surface area (Å²) in [5.41, 5.74) is 3.28. The molecule has 1 heterocycles. The third kappa shape index (κ3) is 2.87. The summed E-state index contributed by atoms with van der Waals surface area (Å²) in [6.45, 7) is 2.67. The molecule has 1 aromatic heterocycles. The fourth-order valence-corrected chi connectivity index (χ4v) is 2.50. The molecule has 0 aliphatic rings. The molecule has 0 saturated carbocycles. The second-order valence-electron chi connectivity index (χ2n) is 4.79. The predicted octanol–water partition coefficient (Wildman–Crippen LogP) is 3.85. The number of hydrogen-bond acceptors (Lipinski definition) is 3. The lowest BCUT2D eigenvalue weighted by atomic mass is 10.2. The zero-order valence-corrected chi connectivity index (χ0v) is 12.5. The van der Waals surface area contributed by atoms with E-state index < -0.39 is 0 Å². The molecule has 0 atom stereocenters. The average Bonchev–Trinajstić information content (AvgIpc) is 2.88. The Morgan fingerprint density at radius 1 is 1.10 bits per heavy atom.